The summed E-state index contributed by atoms with van der Waals surface area (Å²) < 4.78 is 13.2. The highest BCUT2D eigenvalue weighted by Crippen LogP contribution is 2.22. The highest BCUT2D eigenvalue weighted by molar-refractivity contribution is 5.83. The van der Waals surface area contributed by atoms with Crippen LogP contribution in [0.4, 0.5) is 4.39 Å². The predicted molar refractivity (Wildman–Crippen MR) is 94.6 cm³/mol. The second-order valence-corrected chi connectivity index (χ2v) is 7.18. The summed E-state index contributed by atoms with van der Waals surface area (Å²) in [6, 6.07) is 6.05. The van der Waals surface area contributed by atoms with E-state index in [1.54, 1.807) is 12.1 Å². The molecule has 5 nitrogen and oxygen atoms in total. The fourth-order valence-electron chi connectivity index (χ4n) is 3.37. The molecule has 1 unspecified atom stereocenters. The third-order valence-electron chi connectivity index (χ3n) is 5.12. The number of hydrogen-bond acceptors (Lipinski definition) is 4. The summed E-state index contributed by atoms with van der Waals surface area (Å²) in [5.41, 5.74) is 0.803. The number of rotatable bonds is 8. The van der Waals surface area contributed by atoms with E-state index >= 15 is 0 Å². The molecule has 0 aromatic heterocycles. The molecule has 2 aliphatic rings. The second-order valence-electron chi connectivity index (χ2n) is 7.18. The van der Waals surface area contributed by atoms with Gasteiger partial charge in [0.05, 0.1) is 6.61 Å². The summed E-state index contributed by atoms with van der Waals surface area (Å²) in [4.78, 5) is 14.9. The molecule has 25 heavy (non-hydrogen) atoms. The molecular weight excluding hydrogens is 321 g/mol. The molecule has 1 amide bonds. The molecular formula is C19H28FN3O2. The molecule has 1 aromatic carbocycles. The number of amides is 1. The van der Waals surface area contributed by atoms with E-state index in [0.717, 1.165) is 57.4 Å². The minimum atomic E-state index is -0.434. The van der Waals surface area contributed by atoms with E-state index in [1.807, 2.05) is 0 Å². The van der Waals surface area contributed by atoms with Crippen LogP contribution in [-0.2, 0) is 4.79 Å². The molecule has 1 heterocycles. The van der Waals surface area contributed by atoms with Crippen molar-refractivity contribution in [3.8, 4) is 0 Å². The Morgan fingerprint density at radius 3 is 2.48 bits per heavy atom. The molecule has 6 heteroatoms. The first-order chi connectivity index (χ1) is 12.2. The third kappa shape index (κ3) is 5.49. The lowest BCUT2D eigenvalue weighted by Gasteiger charge is -2.32. The predicted octanol–water partition coefficient (Wildman–Crippen LogP) is 1.44. The first kappa shape index (κ1) is 18.3. The van der Waals surface area contributed by atoms with Gasteiger partial charge in [0, 0.05) is 12.6 Å². The lowest BCUT2D eigenvalue weighted by Crippen LogP contribution is -2.43. The van der Waals surface area contributed by atoms with E-state index in [-0.39, 0.29) is 18.3 Å². The smallest absolute Gasteiger partial charge is 0.241 e. The fraction of sp³-hybridized carbons (Fsp3) is 0.632. The average molecular weight is 349 g/mol. The number of hydrogen-bond donors (Lipinski definition) is 3. The van der Waals surface area contributed by atoms with Crippen molar-refractivity contribution in [3.05, 3.63) is 35.6 Å². The van der Waals surface area contributed by atoms with Gasteiger partial charge in [0.15, 0.2) is 0 Å². The van der Waals surface area contributed by atoms with Crippen molar-refractivity contribution >= 4 is 5.91 Å². The number of nitrogens with one attached hydrogen (secondary N) is 2. The number of aliphatic hydroxyl groups excluding tert-OH is 1. The van der Waals surface area contributed by atoms with Gasteiger partial charge in [-0.3, -0.25) is 4.79 Å². The van der Waals surface area contributed by atoms with Crippen LogP contribution in [0, 0.1) is 11.7 Å². The zero-order chi connectivity index (χ0) is 17.6. The topological polar surface area (TPSA) is 64.6 Å². The zero-order valence-electron chi connectivity index (χ0n) is 14.6. The van der Waals surface area contributed by atoms with Gasteiger partial charge in [-0.1, -0.05) is 12.1 Å². The van der Waals surface area contributed by atoms with Gasteiger partial charge in [0.25, 0.3) is 0 Å². The van der Waals surface area contributed by atoms with Crippen LogP contribution in [-0.4, -0.2) is 54.7 Å². The van der Waals surface area contributed by atoms with E-state index in [2.05, 4.69) is 15.5 Å². The fourth-order valence-corrected chi connectivity index (χ4v) is 3.37. The number of likely N-dealkylation sites (tertiary alicyclic amines) is 1. The molecule has 0 spiro atoms. The first-order valence-electron chi connectivity index (χ1n) is 9.28. The van der Waals surface area contributed by atoms with Crippen molar-refractivity contribution in [1.82, 2.24) is 15.5 Å². The minimum Gasteiger partial charge on any atom is -0.395 e. The van der Waals surface area contributed by atoms with E-state index in [1.165, 1.54) is 12.1 Å². The molecule has 1 atom stereocenters. The first-order valence-corrected chi connectivity index (χ1v) is 9.28. The molecule has 1 aliphatic heterocycles. The van der Waals surface area contributed by atoms with Gasteiger partial charge >= 0.3 is 0 Å². The summed E-state index contributed by atoms with van der Waals surface area (Å²) in [5.74, 6) is 0.208. The number of aliphatic hydroxyl groups is 1. The van der Waals surface area contributed by atoms with Crippen LogP contribution in [0.3, 0.4) is 0 Å². The highest BCUT2D eigenvalue weighted by atomic mass is 19.1. The van der Waals surface area contributed by atoms with Gasteiger partial charge in [-0.25, -0.2) is 4.39 Å². The van der Waals surface area contributed by atoms with Crippen LogP contribution in [0.5, 0.6) is 0 Å². The van der Waals surface area contributed by atoms with Gasteiger partial charge in [-0.15, -0.1) is 0 Å². The van der Waals surface area contributed by atoms with E-state index in [9.17, 15) is 9.18 Å². The van der Waals surface area contributed by atoms with Crippen LogP contribution in [0.15, 0.2) is 24.3 Å². The standard InChI is InChI=1S/C19H28FN3O2/c20-16-3-1-15(2-4-16)18(19(25)22-17-5-6-17)21-13-14-7-9-23(10-8-14)11-12-24/h1-4,14,17-18,21,24H,5-13H2,(H,22,25). The largest absolute Gasteiger partial charge is 0.395 e. The Morgan fingerprint density at radius 2 is 1.88 bits per heavy atom. The normalized spacial score (nSPS) is 20.4. The Kier molecular flexibility index (Phi) is 6.39. The maximum absolute atomic E-state index is 13.2. The van der Waals surface area contributed by atoms with Crippen LogP contribution in [0.25, 0.3) is 0 Å². The molecule has 1 aliphatic carbocycles. The third-order valence-corrected chi connectivity index (χ3v) is 5.12. The lowest BCUT2D eigenvalue weighted by molar-refractivity contribution is -0.123. The maximum atomic E-state index is 13.2. The molecule has 1 aromatic rings. The Bertz CT molecular complexity index is 554. The van der Waals surface area contributed by atoms with Gasteiger partial charge in [0.1, 0.15) is 11.9 Å². The van der Waals surface area contributed by atoms with Crippen LogP contribution in [0.2, 0.25) is 0 Å². The second kappa shape index (κ2) is 8.74. The summed E-state index contributed by atoms with van der Waals surface area (Å²) >= 11 is 0. The Balaban J connectivity index is 1.56. The summed E-state index contributed by atoms with van der Waals surface area (Å²) in [6.45, 7) is 3.69. The highest BCUT2D eigenvalue weighted by Gasteiger charge is 2.29. The van der Waals surface area contributed by atoms with Gasteiger partial charge in [-0.05, 0) is 68.9 Å². The van der Waals surface area contributed by atoms with Crippen molar-refractivity contribution in [1.29, 1.82) is 0 Å². The molecule has 1 saturated heterocycles. The van der Waals surface area contributed by atoms with Crippen molar-refractivity contribution in [3.63, 3.8) is 0 Å². The number of carbonyl (C=O) groups is 1. The van der Waals surface area contributed by atoms with Crippen molar-refractivity contribution in [2.75, 3.05) is 32.8 Å². The minimum absolute atomic E-state index is 0.0215. The van der Waals surface area contributed by atoms with E-state index in [0.29, 0.717) is 12.0 Å². The van der Waals surface area contributed by atoms with Crippen molar-refractivity contribution in [2.45, 2.75) is 37.8 Å². The van der Waals surface area contributed by atoms with Crippen LogP contribution >= 0.6 is 0 Å². The number of carbonyl (C=O) groups excluding carboxylic acids is 1. The molecule has 0 radical (unpaired) electrons. The molecule has 3 N–H and O–H groups in total. The van der Waals surface area contributed by atoms with Crippen LogP contribution in [0.1, 0.15) is 37.3 Å². The van der Waals surface area contributed by atoms with Gasteiger partial charge in [-0.2, -0.15) is 0 Å². The monoisotopic (exact) mass is 349 g/mol. The van der Waals surface area contributed by atoms with E-state index < -0.39 is 6.04 Å². The molecule has 2 fully saturated rings. The summed E-state index contributed by atoms with van der Waals surface area (Å²) in [6.07, 6.45) is 4.22. The lowest BCUT2D eigenvalue weighted by atomic mass is 9.95. The Morgan fingerprint density at radius 1 is 1.20 bits per heavy atom. The molecule has 0 bridgehead atoms. The van der Waals surface area contributed by atoms with Gasteiger partial charge in [0.2, 0.25) is 5.91 Å². The Hall–Kier alpha value is -1.50. The molecule has 3 rings (SSSR count). The quantitative estimate of drug-likeness (QED) is 0.665. The number of piperidine rings is 1. The maximum Gasteiger partial charge on any atom is 0.241 e. The number of benzene rings is 1. The molecule has 138 valence electrons. The summed E-state index contributed by atoms with van der Waals surface area (Å²) in [5, 5.41) is 15.5. The number of nitrogens with zero attached hydrogens (tertiary/aromatic N) is 1. The van der Waals surface area contributed by atoms with Crippen LogP contribution < -0.4 is 10.6 Å². The zero-order valence-corrected chi connectivity index (χ0v) is 14.6. The molecule has 1 saturated carbocycles. The average Bonchev–Trinajstić information content (AvgIpc) is 3.42. The Labute approximate surface area is 148 Å². The number of β-amino-alcohol motifs (C(OH)–C–C–N with tert-alkyl or cyclic N) is 1. The van der Waals surface area contributed by atoms with Crippen molar-refractivity contribution in [2.24, 2.45) is 5.92 Å². The van der Waals surface area contributed by atoms with E-state index in [4.69, 9.17) is 5.11 Å². The summed E-state index contributed by atoms with van der Waals surface area (Å²) in [7, 11) is 0. The number of halogens is 1. The van der Waals surface area contributed by atoms with Gasteiger partial charge < -0.3 is 20.6 Å². The van der Waals surface area contributed by atoms with Crippen molar-refractivity contribution < 1.29 is 14.3 Å². The SMILES string of the molecule is O=C(NC1CC1)C(NCC1CCN(CCO)CC1)c1ccc(F)cc1.